The lowest BCUT2D eigenvalue weighted by molar-refractivity contribution is -0.139. The molecule has 3 rings (SSSR count). The number of amides is 1. The molecule has 2 unspecified atom stereocenters. The number of aliphatic hydroxyl groups is 1. The third-order valence-corrected chi connectivity index (χ3v) is 5.25. The number of piperazine rings is 1. The molecule has 1 saturated heterocycles. The molecule has 3 fully saturated rings. The van der Waals surface area contributed by atoms with E-state index >= 15 is 0 Å². The minimum absolute atomic E-state index is 0.124. The summed E-state index contributed by atoms with van der Waals surface area (Å²) in [4.78, 5) is 16.9. The number of carbonyl (C=O) groups is 1. The molecule has 4 nitrogen and oxygen atoms in total. The highest BCUT2D eigenvalue weighted by Crippen LogP contribution is 2.28. The normalized spacial score (nSPS) is 34.1. The Balaban J connectivity index is 1.47. The van der Waals surface area contributed by atoms with Crippen LogP contribution in [0.5, 0.6) is 0 Å². The first-order chi connectivity index (χ1) is 9.25. The van der Waals surface area contributed by atoms with Gasteiger partial charge in [-0.2, -0.15) is 0 Å². The van der Waals surface area contributed by atoms with Gasteiger partial charge in [0.2, 0.25) is 5.91 Å². The van der Waals surface area contributed by atoms with E-state index in [4.69, 9.17) is 0 Å². The van der Waals surface area contributed by atoms with Gasteiger partial charge in [-0.05, 0) is 25.7 Å². The second kappa shape index (κ2) is 5.80. The molecule has 0 bridgehead atoms. The molecule has 3 aliphatic rings. The Morgan fingerprint density at radius 3 is 2.11 bits per heavy atom. The molecule has 0 aromatic heterocycles. The minimum Gasteiger partial charge on any atom is -0.391 e. The van der Waals surface area contributed by atoms with Gasteiger partial charge < -0.3 is 10.0 Å². The maximum atomic E-state index is 12.4. The van der Waals surface area contributed by atoms with Gasteiger partial charge in [-0.15, -0.1) is 0 Å². The predicted octanol–water partition coefficient (Wildman–Crippen LogP) is 1.23. The van der Waals surface area contributed by atoms with Crippen LogP contribution in [0.15, 0.2) is 0 Å². The van der Waals surface area contributed by atoms with Crippen molar-refractivity contribution < 1.29 is 9.90 Å². The molecular weight excluding hydrogens is 240 g/mol. The van der Waals surface area contributed by atoms with Crippen molar-refractivity contribution in [3.05, 3.63) is 0 Å². The zero-order valence-corrected chi connectivity index (χ0v) is 11.8. The smallest absolute Gasteiger partial charge is 0.225 e. The fourth-order valence-electron chi connectivity index (χ4n) is 3.77. The zero-order chi connectivity index (χ0) is 13.2. The first-order valence-electron chi connectivity index (χ1n) is 7.96. The third-order valence-electron chi connectivity index (χ3n) is 5.25. The van der Waals surface area contributed by atoms with Crippen molar-refractivity contribution in [1.29, 1.82) is 0 Å². The van der Waals surface area contributed by atoms with Gasteiger partial charge in [0.1, 0.15) is 0 Å². The zero-order valence-electron chi connectivity index (χ0n) is 11.8. The molecule has 0 spiro atoms. The topological polar surface area (TPSA) is 43.8 Å². The van der Waals surface area contributed by atoms with Crippen LogP contribution in [0.2, 0.25) is 0 Å². The molecule has 1 N–H and O–H groups in total. The van der Waals surface area contributed by atoms with Crippen molar-refractivity contribution >= 4 is 5.91 Å². The fourth-order valence-corrected chi connectivity index (χ4v) is 3.77. The van der Waals surface area contributed by atoms with Crippen LogP contribution >= 0.6 is 0 Å². The van der Waals surface area contributed by atoms with Gasteiger partial charge >= 0.3 is 0 Å². The van der Waals surface area contributed by atoms with Crippen LogP contribution in [-0.2, 0) is 4.79 Å². The standard InChI is InChI=1S/C15H26N2O2/c18-14-7-6-13(14)16-8-10-17(11-9-16)15(19)12-4-2-1-3-5-12/h12-14,18H,1-11H2. The number of carbonyl (C=O) groups excluding carboxylic acids is 1. The maximum absolute atomic E-state index is 12.4. The summed E-state index contributed by atoms with van der Waals surface area (Å²) < 4.78 is 0. The Morgan fingerprint density at radius 1 is 0.895 bits per heavy atom. The van der Waals surface area contributed by atoms with Gasteiger partial charge in [0.25, 0.3) is 0 Å². The van der Waals surface area contributed by atoms with Crippen molar-refractivity contribution in [3.63, 3.8) is 0 Å². The van der Waals surface area contributed by atoms with E-state index in [-0.39, 0.29) is 6.10 Å². The lowest BCUT2D eigenvalue weighted by Crippen LogP contribution is -2.58. The molecule has 108 valence electrons. The largest absolute Gasteiger partial charge is 0.391 e. The first-order valence-corrected chi connectivity index (χ1v) is 7.96. The summed E-state index contributed by atoms with van der Waals surface area (Å²) in [6, 6.07) is 0.368. The van der Waals surface area contributed by atoms with Gasteiger partial charge in [0.05, 0.1) is 6.10 Å². The Kier molecular flexibility index (Phi) is 4.08. The van der Waals surface area contributed by atoms with Crippen LogP contribution in [0.25, 0.3) is 0 Å². The second-order valence-corrected chi connectivity index (χ2v) is 6.41. The average molecular weight is 266 g/mol. The molecule has 1 amide bonds. The van der Waals surface area contributed by atoms with E-state index in [2.05, 4.69) is 9.80 Å². The summed E-state index contributed by atoms with van der Waals surface area (Å²) in [5, 5.41) is 9.72. The second-order valence-electron chi connectivity index (χ2n) is 6.41. The number of hydrogen-bond donors (Lipinski definition) is 1. The van der Waals surface area contributed by atoms with Crippen LogP contribution in [0.3, 0.4) is 0 Å². The molecule has 2 atom stereocenters. The van der Waals surface area contributed by atoms with Crippen LogP contribution in [0.4, 0.5) is 0 Å². The number of hydrogen-bond acceptors (Lipinski definition) is 3. The molecular formula is C15H26N2O2. The summed E-state index contributed by atoms with van der Waals surface area (Å²) in [6.45, 7) is 3.61. The third kappa shape index (κ3) is 2.79. The average Bonchev–Trinajstić information content (AvgIpc) is 2.47. The molecule has 0 radical (unpaired) electrons. The fraction of sp³-hybridized carbons (Fsp3) is 0.933. The Hall–Kier alpha value is -0.610. The van der Waals surface area contributed by atoms with Gasteiger partial charge in [-0.3, -0.25) is 9.69 Å². The first kappa shape index (κ1) is 13.4. The molecule has 2 saturated carbocycles. The van der Waals surface area contributed by atoms with Crippen LogP contribution in [-0.4, -0.2) is 59.1 Å². The minimum atomic E-state index is -0.124. The molecule has 2 aliphatic carbocycles. The highest BCUT2D eigenvalue weighted by atomic mass is 16.3. The van der Waals surface area contributed by atoms with E-state index in [1.54, 1.807) is 0 Å². The van der Waals surface area contributed by atoms with Gasteiger partial charge in [0.15, 0.2) is 0 Å². The number of nitrogens with zero attached hydrogens (tertiary/aromatic N) is 2. The van der Waals surface area contributed by atoms with Crippen LogP contribution < -0.4 is 0 Å². The van der Waals surface area contributed by atoms with Crippen molar-refractivity contribution in [3.8, 4) is 0 Å². The highest BCUT2D eigenvalue weighted by Gasteiger charge is 2.36. The Morgan fingerprint density at radius 2 is 1.58 bits per heavy atom. The molecule has 1 aliphatic heterocycles. The Labute approximate surface area is 115 Å². The van der Waals surface area contributed by atoms with Crippen LogP contribution in [0.1, 0.15) is 44.9 Å². The molecule has 4 heteroatoms. The van der Waals surface area contributed by atoms with Gasteiger partial charge in [0, 0.05) is 38.1 Å². The highest BCUT2D eigenvalue weighted by molar-refractivity contribution is 5.79. The van der Waals surface area contributed by atoms with Gasteiger partial charge in [-0.25, -0.2) is 0 Å². The van der Waals surface area contributed by atoms with E-state index in [1.807, 2.05) is 0 Å². The van der Waals surface area contributed by atoms with E-state index in [0.717, 1.165) is 51.9 Å². The lowest BCUT2D eigenvalue weighted by atomic mass is 9.86. The molecule has 19 heavy (non-hydrogen) atoms. The number of rotatable bonds is 2. The van der Waals surface area contributed by atoms with Crippen molar-refractivity contribution in [2.45, 2.75) is 57.1 Å². The SMILES string of the molecule is O=C(C1CCCCC1)N1CCN(C2CCC2O)CC1. The summed E-state index contributed by atoms with van der Waals surface area (Å²) in [7, 11) is 0. The Bertz CT molecular complexity index is 320. The van der Waals surface area contributed by atoms with E-state index in [0.29, 0.717) is 17.9 Å². The van der Waals surface area contributed by atoms with E-state index in [1.165, 1.54) is 19.3 Å². The summed E-state index contributed by atoms with van der Waals surface area (Å²) in [5.74, 6) is 0.697. The lowest BCUT2D eigenvalue weighted by Gasteiger charge is -2.46. The van der Waals surface area contributed by atoms with Gasteiger partial charge in [-0.1, -0.05) is 19.3 Å². The van der Waals surface area contributed by atoms with E-state index < -0.39 is 0 Å². The molecule has 0 aromatic carbocycles. The summed E-state index contributed by atoms with van der Waals surface area (Å²) >= 11 is 0. The van der Waals surface area contributed by atoms with Crippen LogP contribution in [0, 0.1) is 5.92 Å². The summed E-state index contributed by atoms with van der Waals surface area (Å²) in [6.07, 6.45) is 7.90. The van der Waals surface area contributed by atoms with Crippen molar-refractivity contribution in [1.82, 2.24) is 9.80 Å². The number of aliphatic hydroxyl groups excluding tert-OH is 1. The monoisotopic (exact) mass is 266 g/mol. The predicted molar refractivity (Wildman–Crippen MR) is 73.8 cm³/mol. The van der Waals surface area contributed by atoms with Crippen molar-refractivity contribution in [2.75, 3.05) is 26.2 Å². The quantitative estimate of drug-likeness (QED) is 0.817. The van der Waals surface area contributed by atoms with E-state index in [9.17, 15) is 9.90 Å². The molecule has 1 heterocycles. The maximum Gasteiger partial charge on any atom is 0.225 e. The summed E-state index contributed by atoms with van der Waals surface area (Å²) in [5.41, 5.74) is 0. The molecule has 0 aromatic rings. The van der Waals surface area contributed by atoms with Crippen molar-refractivity contribution in [2.24, 2.45) is 5.92 Å².